The summed E-state index contributed by atoms with van der Waals surface area (Å²) in [7, 11) is 0. The Morgan fingerprint density at radius 3 is 2.78 bits per heavy atom. The van der Waals surface area contributed by atoms with Crippen molar-refractivity contribution in [2.75, 3.05) is 5.73 Å². The molecule has 1 aromatic carbocycles. The first-order valence-corrected chi connectivity index (χ1v) is 5.53. The number of aromatic nitrogens is 3. The van der Waals surface area contributed by atoms with E-state index in [9.17, 15) is 4.39 Å². The zero-order valence-corrected chi connectivity index (χ0v) is 9.76. The standard InChI is InChI=1S/C13H11FN4/c1-8-6-7-16-12-11(8)17-13(15)18(12)10-5-3-2-4-9(10)14/h2-7H,1H3,(H2,15,17). The fourth-order valence-corrected chi connectivity index (χ4v) is 1.98. The molecule has 0 fully saturated rings. The largest absolute Gasteiger partial charge is 0.369 e. The molecule has 0 amide bonds. The van der Waals surface area contributed by atoms with Crippen LogP contribution in [-0.4, -0.2) is 14.5 Å². The van der Waals surface area contributed by atoms with Crippen LogP contribution in [0.3, 0.4) is 0 Å². The Morgan fingerprint density at radius 1 is 1.22 bits per heavy atom. The molecule has 0 saturated carbocycles. The molecule has 4 nitrogen and oxygen atoms in total. The minimum absolute atomic E-state index is 0.233. The van der Waals surface area contributed by atoms with Crippen LogP contribution in [0, 0.1) is 12.7 Å². The van der Waals surface area contributed by atoms with Crippen molar-refractivity contribution in [1.29, 1.82) is 0 Å². The van der Waals surface area contributed by atoms with E-state index in [4.69, 9.17) is 5.73 Å². The number of imidazole rings is 1. The number of anilines is 1. The monoisotopic (exact) mass is 242 g/mol. The third-order valence-electron chi connectivity index (χ3n) is 2.87. The van der Waals surface area contributed by atoms with E-state index in [2.05, 4.69) is 9.97 Å². The molecule has 5 heteroatoms. The van der Waals surface area contributed by atoms with Crippen LogP contribution in [0.15, 0.2) is 36.5 Å². The number of benzene rings is 1. The molecule has 0 bridgehead atoms. The third-order valence-corrected chi connectivity index (χ3v) is 2.87. The van der Waals surface area contributed by atoms with Crippen molar-refractivity contribution in [3.05, 3.63) is 47.9 Å². The van der Waals surface area contributed by atoms with Crippen LogP contribution in [0.1, 0.15) is 5.56 Å². The average molecular weight is 242 g/mol. The van der Waals surface area contributed by atoms with Gasteiger partial charge in [0.1, 0.15) is 11.3 Å². The number of hydrogen-bond acceptors (Lipinski definition) is 3. The highest BCUT2D eigenvalue weighted by molar-refractivity contribution is 5.79. The number of nitrogens with zero attached hydrogens (tertiary/aromatic N) is 3. The first-order valence-electron chi connectivity index (χ1n) is 5.53. The quantitative estimate of drug-likeness (QED) is 0.713. The molecule has 0 atom stereocenters. The minimum atomic E-state index is -0.355. The molecule has 0 spiro atoms. The van der Waals surface area contributed by atoms with Gasteiger partial charge in [0.05, 0.1) is 5.69 Å². The fourth-order valence-electron chi connectivity index (χ4n) is 1.98. The molecule has 0 radical (unpaired) electrons. The number of pyridine rings is 1. The first kappa shape index (κ1) is 10.7. The molecule has 2 aromatic heterocycles. The Hall–Kier alpha value is -2.43. The van der Waals surface area contributed by atoms with Gasteiger partial charge in [-0.15, -0.1) is 0 Å². The van der Waals surface area contributed by atoms with Gasteiger partial charge in [-0.25, -0.2) is 14.4 Å². The Balaban J connectivity index is 2.40. The lowest BCUT2D eigenvalue weighted by Gasteiger charge is -2.06. The van der Waals surface area contributed by atoms with Crippen LogP contribution in [0.4, 0.5) is 10.3 Å². The number of rotatable bonds is 1. The predicted octanol–water partition coefficient (Wildman–Crippen LogP) is 2.45. The zero-order chi connectivity index (χ0) is 12.7. The van der Waals surface area contributed by atoms with Crippen molar-refractivity contribution in [1.82, 2.24) is 14.5 Å². The molecule has 2 heterocycles. The second-order valence-electron chi connectivity index (χ2n) is 4.06. The van der Waals surface area contributed by atoms with Gasteiger partial charge in [-0.05, 0) is 30.7 Å². The minimum Gasteiger partial charge on any atom is -0.369 e. The lowest BCUT2D eigenvalue weighted by atomic mass is 10.2. The van der Waals surface area contributed by atoms with E-state index >= 15 is 0 Å². The van der Waals surface area contributed by atoms with Crippen LogP contribution in [0.2, 0.25) is 0 Å². The molecule has 3 aromatic rings. The van der Waals surface area contributed by atoms with E-state index in [1.165, 1.54) is 10.6 Å². The number of nitrogen functional groups attached to an aromatic ring is 1. The van der Waals surface area contributed by atoms with Crippen LogP contribution in [0.25, 0.3) is 16.9 Å². The van der Waals surface area contributed by atoms with Crippen molar-refractivity contribution in [3.63, 3.8) is 0 Å². The summed E-state index contributed by atoms with van der Waals surface area (Å²) in [5.74, 6) is -0.122. The summed E-state index contributed by atoms with van der Waals surface area (Å²) in [5.41, 5.74) is 8.45. The highest BCUT2D eigenvalue weighted by atomic mass is 19.1. The van der Waals surface area contributed by atoms with Crippen molar-refractivity contribution in [2.24, 2.45) is 0 Å². The average Bonchev–Trinajstić information content (AvgIpc) is 2.68. The second kappa shape index (κ2) is 3.80. The molecule has 0 aliphatic rings. The number of halogens is 1. The number of nitrogens with two attached hydrogens (primary N) is 1. The predicted molar refractivity (Wildman–Crippen MR) is 68.0 cm³/mol. The van der Waals surface area contributed by atoms with Gasteiger partial charge in [-0.1, -0.05) is 12.1 Å². The number of para-hydroxylation sites is 1. The fraction of sp³-hybridized carbons (Fsp3) is 0.0769. The van der Waals surface area contributed by atoms with Crippen molar-refractivity contribution < 1.29 is 4.39 Å². The van der Waals surface area contributed by atoms with Gasteiger partial charge in [-0.2, -0.15) is 0 Å². The molecular weight excluding hydrogens is 231 g/mol. The van der Waals surface area contributed by atoms with Crippen LogP contribution in [-0.2, 0) is 0 Å². The number of fused-ring (bicyclic) bond motifs is 1. The smallest absolute Gasteiger partial charge is 0.207 e. The SMILES string of the molecule is Cc1ccnc2c1nc(N)n2-c1ccccc1F. The van der Waals surface area contributed by atoms with Gasteiger partial charge in [0, 0.05) is 6.20 Å². The summed E-state index contributed by atoms with van der Waals surface area (Å²) in [5, 5.41) is 0. The third kappa shape index (κ3) is 1.44. The highest BCUT2D eigenvalue weighted by Gasteiger charge is 2.14. The summed E-state index contributed by atoms with van der Waals surface area (Å²) in [6.07, 6.45) is 1.66. The van der Waals surface area contributed by atoms with Crippen LogP contribution in [0.5, 0.6) is 0 Å². The normalized spacial score (nSPS) is 11.0. The molecule has 0 aliphatic heterocycles. The zero-order valence-electron chi connectivity index (χ0n) is 9.76. The van der Waals surface area contributed by atoms with Gasteiger partial charge >= 0.3 is 0 Å². The van der Waals surface area contributed by atoms with Crippen molar-refractivity contribution >= 4 is 17.1 Å². The molecule has 0 aliphatic carbocycles. The van der Waals surface area contributed by atoms with Crippen LogP contribution < -0.4 is 5.73 Å². The van der Waals surface area contributed by atoms with E-state index in [0.717, 1.165) is 5.56 Å². The Kier molecular flexibility index (Phi) is 2.26. The summed E-state index contributed by atoms with van der Waals surface area (Å²) < 4.78 is 15.4. The van der Waals surface area contributed by atoms with Crippen molar-refractivity contribution in [3.8, 4) is 5.69 Å². The molecule has 0 saturated heterocycles. The molecule has 0 unspecified atom stereocenters. The Morgan fingerprint density at radius 2 is 2.00 bits per heavy atom. The number of aryl methyl sites for hydroxylation is 1. The van der Waals surface area contributed by atoms with E-state index in [-0.39, 0.29) is 11.8 Å². The van der Waals surface area contributed by atoms with Crippen LogP contribution >= 0.6 is 0 Å². The van der Waals surface area contributed by atoms with E-state index in [1.54, 1.807) is 24.4 Å². The van der Waals surface area contributed by atoms with Crippen molar-refractivity contribution in [2.45, 2.75) is 6.92 Å². The number of hydrogen-bond donors (Lipinski definition) is 1. The maximum Gasteiger partial charge on any atom is 0.207 e. The summed E-state index contributed by atoms with van der Waals surface area (Å²) in [6.45, 7) is 1.92. The molecular formula is C13H11FN4. The summed E-state index contributed by atoms with van der Waals surface area (Å²) in [6, 6.07) is 8.26. The molecule has 90 valence electrons. The highest BCUT2D eigenvalue weighted by Crippen LogP contribution is 2.24. The maximum absolute atomic E-state index is 13.8. The van der Waals surface area contributed by atoms with E-state index < -0.39 is 0 Å². The summed E-state index contributed by atoms with van der Waals surface area (Å²) in [4.78, 5) is 8.48. The van der Waals surface area contributed by atoms with Gasteiger partial charge in [0.2, 0.25) is 5.95 Å². The lowest BCUT2D eigenvalue weighted by Crippen LogP contribution is -2.03. The van der Waals surface area contributed by atoms with E-state index in [1.807, 2.05) is 13.0 Å². The van der Waals surface area contributed by atoms with Gasteiger partial charge < -0.3 is 5.73 Å². The van der Waals surface area contributed by atoms with Gasteiger partial charge in [-0.3, -0.25) is 4.57 Å². The molecule has 18 heavy (non-hydrogen) atoms. The topological polar surface area (TPSA) is 56.7 Å². The summed E-state index contributed by atoms with van der Waals surface area (Å²) >= 11 is 0. The molecule has 2 N–H and O–H groups in total. The lowest BCUT2D eigenvalue weighted by molar-refractivity contribution is 0.619. The second-order valence-corrected chi connectivity index (χ2v) is 4.06. The maximum atomic E-state index is 13.8. The Labute approximate surface area is 103 Å². The van der Waals surface area contributed by atoms with Gasteiger partial charge in [0.25, 0.3) is 0 Å². The Bertz CT molecular complexity index is 733. The van der Waals surface area contributed by atoms with Gasteiger partial charge in [0.15, 0.2) is 5.65 Å². The van der Waals surface area contributed by atoms with E-state index in [0.29, 0.717) is 16.9 Å². The molecule has 3 rings (SSSR count). The first-order chi connectivity index (χ1) is 8.68.